The van der Waals surface area contributed by atoms with Gasteiger partial charge in [0.1, 0.15) is 0 Å². The molecule has 0 saturated heterocycles. The van der Waals surface area contributed by atoms with Gasteiger partial charge in [-0.1, -0.05) is 121 Å². The predicted octanol–water partition coefficient (Wildman–Crippen LogP) is 11.9. The van der Waals surface area contributed by atoms with Crippen molar-refractivity contribution < 1.29 is 8.22 Å². The molecule has 0 aliphatic heterocycles. The molecule has 0 saturated carbocycles. The van der Waals surface area contributed by atoms with Crippen molar-refractivity contribution in [2.75, 3.05) is 0 Å². The van der Waals surface area contributed by atoms with Crippen molar-refractivity contribution in [3.8, 4) is 22.5 Å². The normalized spacial score (nSPS) is 13.7. The van der Waals surface area contributed by atoms with E-state index in [1.807, 2.05) is 22.8 Å². The van der Waals surface area contributed by atoms with Gasteiger partial charge >= 0.3 is 0 Å². The van der Waals surface area contributed by atoms with Crippen LogP contribution in [0.15, 0.2) is 170 Å². The summed E-state index contributed by atoms with van der Waals surface area (Å²) in [7, 11) is 0. The Morgan fingerprint density at radius 2 is 1.04 bits per heavy atom. The molecule has 2 heterocycles. The Bertz CT molecular complexity index is 3160. The second-order valence-corrected chi connectivity index (χ2v) is 11.7. The van der Waals surface area contributed by atoms with Gasteiger partial charge < -0.3 is 9.13 Å². The summed E-state index contributed by atoms with van der Waals surface area (Å²) in [5.74, 6) is 0. The highest BCUT2D eigenvalue weighted by molar-refractivity contribution is 6.29. The molecule has 0 N–H and O–H groups in total. The molecule has 0 amide bonds. The molecule has 0 aliphatic carbocycles. The highest BCUT2D eigenvalue weighted by Crippen LogP contribution is 2.43. The number of benzene rings is 8. The third-order valence-corrected chi connectivity index (χ3v) is 9.25. The zero-order valence-corrected chi connectivity index (χ0v) is 24.6. The van der Waals surface area contributed by atoms with Crippen LogP contribution in [0.5, 0.6) is 0 Å². The van der Waals surface area contributed by atoms with Crippen LogP contribution in [0.2, 0.25) is 0 Å². The van der Waals surface area contributed by atoms with Crippen LogP contribution in [0.25, 0.3) is 87.7 Å². The molecule has 8 aromatic carbocycles. The minimum absolute atomic E-state index is 0.0448. The summed E-state index contributed by atoms with van der Waals surface area (Å²) in [6, 6.07) is 44.1. The SMILES string of the molecule is [2H]c1cc(-n2c3ccccc3c3c4c5ccccc5n(-c5cccc(-c6ccc7ccccc7c6)c5)c4ccc32)c2c([2H])c([2H])c([2H])c([2H])c2c1[2H]. The molecule has 0 bridgehead atoms. The van der Waals surface area contributed by atoms with Crippen molar-refractivity contribution in [2.24, 2.45) is 0 Å². The summed E-state index contributed by atoms with van der Waals surface area (Å²) in [5.41, 5.74) is 7.51. The maximum Gasteiger partial charge on any atom is 0.0630 e. The summed E-state index contributed by atoms with van der Waals surface area (Å²) < 4.78 is 56.2. The first-order chi connectivity index (χ1) is 25.3. The molecule has 2 heteroatoms. The van der Waals surface area contributed by atoms with Crippen LogP contribution in [0.3, 0.4) is 0 Å². The number of rotatable bonds is 3. The Labute approximate surface area is 274 Å². The van der Waals surface area contributed by atoms with E-state index in [0.29, 0.717) is 5.69 Å². The van der Waals surface area contributed by atoms with Gasteiger partial charge in [0.25, 0.3) is 0 Å². The minimum Gasteiger partial charge on any atom is -0.309 e. The predicted molar refractivity (Wildman–Crippen MR) is 196 cm³/mol. The number of aromatic nitrogens is 2. The van der Waals surface area contributed by atoms with Gasteiger partial charge in [0.2, 0.25) is 0 Å². The molecule has 10 rings (SSSR count). The second kappa shape index (κ2) is 9.69. The number of fused-ring (bicyclic) bond motifs is 9. The van der Waals surface area contributed by atoms with Crippen molar-refractivity contribution in [3.63, 3.8) is 0 Å². The van der Waals surface area contributed by atoms with Gasteiger partial charge in [0.15, 0.2) is 0 Å². The van der Waals surface area contributed by atoms with Crippen molar-refractivity contribution in [3.05, 3.63) is 170 Å². The first kappa shape index (κ1) is 20.0. The maximum absolute atomic E-state index is 8.96. The van der Waals surface area contributed by atoms with Crippen LogP contribution in [-0.4, -0.2) is 9.13 Å². The average Bonchev–Trinajstić information content (AvgIpc) is 3.69. The second-order valence-electron chi connectivity index (χ2n) is 11.7. The summed E-state index contributed by atoms with van der Waals surface area (Å²) >= 11 is 0. The van der Waals surface area contributed by atoms with Crippen LogP contribution in [0.4, 0.5) is 0 Å². The van der Waals surface area contributed by atoms with E-state index in [1.165, 1.54) is 10.8 Å². The monoisotopic (exact) mass is 590 g/mol. The van der Waals surface area contributed by atoms with E-state index in [4.69, 9.17) is 8.22 Å². The molecule has 0 fully saturated rings. The van der Waals surface area contributed by atoms with Crippen LogP contribution in [0, 0.1) is 0 Å². The van der Waals surface area contributed by atoms with Crippen molar-refractivity contribution in [1.29, 1.82) is 0 Å². The van der Waals surface area contributed by atoms with E-state index in [0.717, 1.165) is 60.4 Å². The molecule has 2 aromatic heterocycles. The number of hydrogen-bond donors (Lipinski definition) is 0. The third-order valence-electron chi connectivity index (χ3n) is 9.25. The standard InChI is InChI=1S/C44H28N2/c1-2-13-31-27-33(24-23-29(31)11-1)32-15-9-16-34(28-32)45-39-20-7-5-18-36(39)43-41(45)25-26-42-44(43)37-19-6-8-21-40(37)46(42)38-22-10-14-30-12-3-4-17-35(30)38/h1-28H/i3D,4D,10D,12D,14D,17D. The highest BCUT2D eigenvalue weighted by atomic mass is 15.0. The van der Waals surface area contributed by atoms with Crippen molar-refractivity contribution >= 4 is 65.2 Å². The fourth-order valence-electron chi connectivity index (χ4n) is 7.27. The zero-order chi connectivity index (χ0) is 35.4. The van der Waals surface area contributed by atoms with Crippen LogP contribution in [0.1, 0.15) is 8.22 Å². The maximum atomic E-state index is 8.96. The number of hydrogen-bond acceptors (Lipinski definition) is 0. The van der Waals surface area contributed by atoms with E-state index in [1.54, 1.807) is 6.07 Å². The average molecular weight is 591 g/mol. The molecule has 0 spiro atoms. The number of nitrogens with zero attached hydrogens (tertiary/aromatic N) is 2. The first-order valence-corrected chi connectivity index (χ1v) is 15.4. The van der Waals surface area contributed by atoms with Gasteiger partial charge in [-0.3, -0.25) is 0 Å². The molecule has 2 nitrogen and oxygen atoms in total. The molecule has 0 radical (unpaired) electrons. The van der Waals surface area contributed by atoms with E-state index in [9.17, 15) is 0 Å². The van der Waals surface area contributed by atoms with Gasteiger partial charge in [-0.05, 0) is 75.8 Å². The summed E-state index contributed by atoms with van der Waals surface area (Å²) in [6.45, 7) is 0. The van der Waals surface area contributed by atoms with Crippen LogP contribution in [-0.2, 0) is 0 Å². The Hall–Kier alpha value is -6.12. The lowest BCUT2D eigenvalue weighted by Crippen LogP contribution is -1.96. The van der Waals surface area contributed by atoms with Crippen molar-refractivity contribution in [1.82, 2.24) is 9.13 Å². The minimum atomic E-state index is -0.413. The molecular weight excluding hydrogens is 556 g/mol. The van der Waals surface area contributed by atoms with Crippen LogP contribution < -0.4 is 0 Å². The first-order valence-electron chi connectivity index (χ1n) is 18.4. The fraction of sp³-hybridized carbons (Fsp3) is 0. The lowest BCUT2D eigenvalue weighted by molar-refractivity contribution is 1.18. The highest BCUT2D eigenvalue weighted by Gasteiger charge is 2.21. The smallest absolute Gasteiger partial charge is 0.0630 e. The van der Waals surface area contributed by atoms with E-state index >= 15 is 0 Å². The lowest BCUT2D eigenvalue weighted by atomic mass is 10.0. The Morgan fingerprint density at radius 1 is 0.391 bits per heavy atom. The molecular formula is C44H28N2. The van der Waals surface area contributed by atoms with E-state index in [2.05, 4.69) is 114 Å². The van der Waals surface area contributed by atoms with Gasteiger partial charge in [0.05, 0.1) is 36.0 Å². The Morgan fingerprint density at radius 3 is 1.87 bits per heavy atom. The fourth-order valence-corrected chi connectivity index (χ4v) is 7.27. The zero-order valence-electron chi connectivity index (χ0n) is 30.6. The summed E-state index contributed by atoms with van der Waals surface area (Å²) in [5, 5.41) is 6.79. The van der Waals surface area contributed by atoms with Crippen molar-refractivity contribution in [2.45, 2.75) is 0 Å². The quantitative estimate of drug-likeness (QED) is 0.194. The third kappa shape index (κ3) is 3.59. The molecule has 10 aromatic rings. The molecule has 214 valence electrons. The van der Waals surface area contributed by atoms with E-state index < -0.39 is 6.04 Å². The molecule has 0 aliphatic rings. The largest absolute Gasteiger partial charge is 0.309 e. The summed E-state index contributed by atoms with van der Waals surface area (Å²) in [4.78, 5) is 0. The topological polar surface area (TPSA) is 9.86 Å². The Kier molecular flexibility index (Phi) is 4.22. The van der Waals surface area contributed by atoms with Gasteiger partial charge in [-0.15, -0.1) is 0 Å². The lowest BCUT2D eigenvalue weighted by Gasteiger charge is -2.12. The van der Waals surface area contributed by atoms with E-state index in [-0.39, 0.29) is 41.0 Å². The van der Waals surface area contributed by atoms with Crippen LogP contribution >= 0.6 is 0 Å². The van der Waals surface area contributed by atoms with Gasteiger partial charge in [0, 0.05) is 32.6 Å². The Balaban J connectivity index is 1.30. The van der Waals surface area contributed by atoms with Gasteiger partial charge in [-0.25, -0.2) is 0 Å². The molecule has 0 unspecified atom stereocenters. The summed E-state index contributed by atoms with van der Waals surface area (Å²) in [6.07, 6.45) is 0. The number of para-hydroxylation sites is 2. The van der Waals surface area contributed by atoms with Gasteiger partial charge in [-0.2, -0.15) is 0 Å². The molecule has 46 heavy (non-hydrogen) atoms. The molecule has 0 atom stereocenters.